The molecule has 0 aromatic heterocycles. The van der Waals surface area contributed by atoms with Gasteiger partial charge in [-0.1, -0.05) is 11.8 Å². The van der Waals surface area contributed by atoms with Crippen LogP contribution >= 0.6 is 11.8 Å². The van der Waals surface area contributed by atoms with Gasteiger partial charge in [0.15, 0.2) is 5.12 Å². The Morgan fingerprint density at radius 2 is 2.33 bits per heavy atom. The minimum absolute atomic E-state index is 0.00463. The molecular formula is C6H10O4S2. The first-order chi connectivity index (χ1) is 5.49. The Morgan fingerprint density at radius 1 is 1.67 bits per heavy atom. The molecule has 0 radical (unpaired) electrons. The summed E-state index contributed by atoms with van der Waals surface area (Å²) < 4.78 is 25.6. The molecule has 12 heavy (non-hydrogen) atoms. The van der Waals surface area contributed by atoms with Gasteiger partial charge >= 0.3 is 0 Å². The Balaban J connectivity index is 2.37. The zero-order valence-electron chi connectivity index (χ0n) is 6.65. The number of carbonyl (C=O) groups is 1. The lowest BCUT2D eigenvalue weighted by Crippen LogP contribution is -2.15. The van der Waals surface area contributed by atoms with Gasteiger partial charge in [0.2, 0.25) is 0 Å². The average molecular weight is 210 g/mol. The van der Waals surface area contributed by atoms with Crippen molar-refractivity contribution in [2.24, 2.45) is 5.92 Å². The van der Waals surface area contributed by atoms with Gasteiger partial charge in [0.25, 0.3) is 10.1 Å². The minimum atomic E-state index is -3.40. The van der Waals surface area contributed by atoms with Crippen LogP contribution in [-0.2, 0) is 19.1 Å². The van der Waals surface area contributed by atoms with Crippen LogP contribution in [0, 0.1) is 5.92 Å². The molecular weight excluding hydrogens is 200 g/mol. The summed E-state index contributed by atoms with van der Waals surface area (Å²) in [6.45, 7) is 0.00463. The van der Waals surface area contributed by atoms with Crippen LogP contribution in [0.1, 0.15) is 6.42 Å². The normalized spacial score (nSPS) is 24.8. The van der Waals surface area contributed by atoms with E-state index in [1.165, 1.54) is 11.8 Å². The predicted octanol–water partition coefficient (Wildman–Crippen LogP) is 0.242. The highest BCUT2D eigenvalue weighted by atomic mass is 32.2. The predicted molar refractivity (Wildman–Crippen MR) is 46.4 cm³/mol. The number of hydrogen-bond donors (Lipinski definition) is 0. The average Bonchev–Trinajstić information content (AvgIpc) is 2.29. The minimum Gasteiger partial charge on any atom is -0.287 e. The van der Waals surface area contributed by atoms with Crippen LogP contribution in [-0.4, -0.2) is 32.1 Å². The fourth-order valence-electron chi connectivity index (χ4n) is 0.895. The zero-order chi connectivity index (χ0) is 9.19. The molecule has 1 rings (SSSR count). The summed E-state index contributed by atoms with van der Waals surface area (Å²) in [4.78, 5) is 11.0. The van der Waals surface area contributed by atoms with Gasteiger partial charge in [0, 0.05) is 5.75 Å². The Kier molecular flexibility index (Phi) is 3.14. The first-order valence-electron chi connectivity index (χ1n) is 3.50. The maximum Gasteiger partial charge on any atom is 0.264 e. The van der Waals surface area contributed by atoms with E-state index in [-0.39, 0.29) is 17.6 Å². The summed E-state index contributed by atoms with van der Waals surface area (Å²) >= 11 is 1.24. The molecule has 1 aliphatic rings. The zero-order valence-corrected chi connectivity index (χ0v) is 8.28. The lowest BCUT2D eigenvalue weighted by molar-refractivity contribution is -0.114. The third-order valence-corrected chi connectivity index (χ3v) is 3.15. The first-order valence-corrected chi connectivity index (χ1v) is 6.30. The molecule has 1 heterocycles. The van der Waals surface area contributed by atoms with Crippen molar-refractivity contribution in [3.8, 4) is 0 Å². The fraction of sp³-hybridized carbons (Fsp3) is 0.833. The van der Waals surface area contributed by atoms with E-state index in [0.29, 0.717) is 0 Å². The van der Waals surface area contributed by atoms with E-state index in [1.807, 2.05) is 0 Å². The molecule has 0 N–H and O–H groups in total. The lowest BCUT2D eigenvalue weighted by atomic mass is 10.1. The molecule has 4 nitrogen and oxygen atoms in total. The molecule has 1 saturated heterocycles. The maximum atomic E-state index is 11.0. The van der Waals surface area contributed by atoms with Gasteiger partial charge in [0.1, 0.15) is 0 Å². The van der Waals surface area contributed by atoms with Crippen molar-refractivity contribution in [3.05, 3.63) is 0 Å². The van der Waals surface area contributed by atoms with E-state index in [0.717, 1.165) is 18.4 Å². The smallest absolute Gasteiger partial charge is 0.264 e. The fourth-order valence-corrected chi connectivity index (χ4v) is 2.33. The molecule has 0 unspecified atom stereocenters. The standard InChI is InChI=1S/C6H10O4S2/c1-12(8,9)10-4-5-2-3-11-6(5)7/h5H,2-4H2,1H3/t5-/m0/s1. The van der Waals surface area contributed by atoms with Crippen molar-refractivity contribution in [1.82, 2.24) is 0 Å². The summed E-state index contributed by atoms with van der Waals surface area (Å²) in [6.07, 6.45) is 1.71. The second-order valence-electron chi connectivity index (χ2n) is 2.64. The largest absolute Gasteiger partial charge is 0.287 e. The van der Waals surface area contributed by atoms with Crippen LogP contribution in [0.5, 0.6) is 0 Å². The molecule has 1 atom stereocenters. The van der Waals surface area contributed by atoms with Crippen molar-refractivity contribution in [2.75, 3.05) is 18.6 Å². The Morgan fingerprint density at radius 3 is 2.75 bits per heavy atom. The molecule has 0 aliphatic carbocycles. The molecule has 0 aromatic rings. The monoisotopic (exact) mass is 210 g/mol. The van der Waals surface area contributed by atoms with E-state index in [2.05, 4.69) is 4.18 Å². The van der Waals surface area contributed by atoms with Crippen LogP contribution in [0.4, 0.5) is 0 Å². The number of thioether (sulfide) groups is 1. The van der Waals surface area contributed by atoms with Gasteiger partial charge in [-0.3, -0.25) is 8.98 Å². The molecule has 0 amide bonds. The third-order valence-electron chi connectivity index (χ3n) is 1.53. The summed E-state index contributed by atoms with van der Waals surface area (Å²) in [5.74, 6) is 0.543. The third kappa shape index (κ3) is 3.12. The molecule has 70 valence electrons. The highest BCUT2D eigenvalue weighted by Crippen LogP contribution is 2.25. The molecule has 0 saturated carbocycles. The van der Waals surface area contributed by atoms with Crippen LogP contribution in [0.2, 0.25) is 0 Å². The van der Waals surface area contributed by atoms with Crippen molar-refractivity contribution in [2.45, 2.75) is 6.42 Å². The van der Waals surface area contributed by atoms with E-state index in [9.17, 15) is 13.2 Å². The highest BCUT2D eigenvalue weighted by molar-refractivity contribution is 8.14. The van der Waals surface area contributed by atoms with E-state index >= 15 is 0 Å². The van der Waals surface area contributed by atoms with Crippen LogP contribution < -0.4 is 0 Å². The van der Waals surface area contributed by atoms with Gasteiger partial charge < -0.3 is 0 Å². The maximum absolute atomic E-state index is 11.0. The number of rotatable bonds is 3. The van der Waals surface area contributed by atoms with E-state index < -0.39 is 10.1 Å². The second kappa shape index (κ2) is 3.76. The van der Waals surface area contributed by atoms with Crippen molar-refractivity contribution >= 4 is 27.0 Å². The summed E-state index contributed by atoms with van der Waals surface area (Å²) in [5, 5.41) is 0.0404. The number of carbonyl (C=O) groups excluding carboxylic acids is 1. The van der Waals surface area contributed by atoms with Gasteiger partial charge in [-0.25, -0.2) is 0 Å². The van der Waals surface area contributed by atoms with E-state index in [4.69, 9.17) is 0 Å². The Hall–Kier alpha value is -0.0700. The summed E-state index contributed by atoms with van der Waals surface area (Å²) in [5.41, 5.74) is 0. The Labute approximate surface area is 75.8 Å². The van der Waals surface area contributed by atoms with Gasteiger partial charge in [-0.15, -0.1) is 0 Å². The van der Waals surface area contributed by atoms with Gasteiger partial charge in [0.05, 0.1) is 18.8 Å². The molecule has 6 heteroatoms. The van der Waals surface area contributed by atoms with Crippen LogP contribution in [0.25, 0.3) is 0 Å². The summed E-state index contributed by atoms with van der Waals surface area (Å²) in [6, 6.07) is 0. The van der Waals surface area contributed by atoms with E-state index in [1.54, 1.807) is 0 Å². The van der Waals surface area contributed by atoms with Gasteiger partial charge in [-0.05, 0) is 6.42 Å². The van der Waals surface area contributed by atoms with Crippen molar-refractivity contribution in [3.63, 3.8) is 0 Å². The first kappa shape index (κ1) is 10.0. The molecule has 1 fully saturated rings. The molecule has 0 spiro atoms. The Bertz CT molecular complexity index is 269. The van der Waals surface area contributed by atoms with Crippen LogP contribution in [0.3, 0.4) is 0 Å². The molecule has 0 bridgehead atoms. The lowest BCUT2D eigenvalue weighted by Gasteiger charge is -2.04. The second-order valence-corrected chi connectivity index (χ2v) is 5.38. The van der Waals surface area contributed by atoms with Crippen LogP contribution in [0.15, 0.2) is 0 Å². The van der Waals surface area contributed by atoms with Crippen molar-refractivity contribution in [1.29, 1.82) is 0 Å². The quantitative estimate of drug-likeness (QED) is 0.625. The van der Waals surface area contributed by atoms with Crippen molar-refractivity contribution < 1.29 is 17.4 Å². The topological polar surface area (TPSA) is 60.4 Å². The molecule has 1 aliphatic heterocycles. The highest BCUT2D eigenvalue weighted by Gasteiger charge is 2.26. The summed E-state index contributed by atoms with van der Waals surface area (Å²) in [7, 11) is -3.40. The molecule has 0 aromatic carbocycles. The SMILES string of the molecule is CS(=O)(=O)OC[C@@H]1CCSC1=O. The van der Waals surface area contributed by atoms with Gasteiger partial charge in [-0.2, -0.15) is 8.42 Å². The number of hydrogen-bond acceptors (Lipinski definition) is 5.